The third-order valence-corrected chi connectivity index (χ3v) is 3.04. The lowest BCUT2D eigenvalue weighted by Crippen LogP contribution is -2.25. The molecule has 1 aromatic rings. The van der Waals surface area contributed by atoms with Gasteiger partial charge in [-0.05, 0) is 25.3 Å². The Morgan fingerprint density at radius 1 is 1.44 bits per heavy atom. The Morgan fingerprint density at radius 2 is 2.17 bits per heavy atom. The number of carbonyl (C=O) groups is 1. The summed E-state index contributed by atoms with van der Waals surface area (Å²) in [6.45, 7) is 6.95. The van der Waals surface area contributed by atoms with Crippen LogP contribution >= 0.6 is 11.6 Å². The van der Waals surface area contributed by atoms with Gasteiger partial charge in [-0.2, -0.15) is 0 Å². The fourth-order valence-corrected chi connectivity index (χ4v) is 1.96. The molecule has 0 saturated carbocycles. The number of pyridine rings is 1. The normalized spacial score (nSPS) is 10.7. The van der Waals surface area contributed by atoms with Crippen LogP contribution in [0.5, 0.6) is 0 Å². The smallest absolute Gasteiger partial charge is 0.254 e. The second-order valence-electron chi connectivity index (χ2n) is 4.95. The topological polar surface area (TPSA) is 42.0 Å². The van der Waals surface area contributed by atoms with Crippen molar-refractivity contribution in [3.8, 4) is 0 Å². The molecule has 0 aliphatic rings. The highest BCUT2D eigenvalue weighted by Crippen LogP contribution is 2.15. The quantitative estimate of drug-likeness (QED) is 0.801. The lowest BCUT2D eigenvalue weighted by atomic mass is 10.1. The fourth-order valence-electron chi connectivity index (χ4n) is 1.67. The summed E-state index contributed by atoms with van der Waals surface area (Å²) in [5.41, 5.74) is 1.26. The summed E-state index contributed by atoms with van der Waals surface area (Å²) in [6, 6.07) is 1.70. The van der Waals surface area contributed by atoms with Gasteiger partial charge < -0.3 is 5.32 Å². The molecule has 0 spiro atoms. The van der Waals surface area contributed by atoms with Gasteiger partial charge in [0.15, 0.2) is 0 Å². The SMILES string of the molecule is Cc1cc(Cl)c(C(=O)NCCCCC(C)C)cn1. The highest BCUT2D eigenvalue weighted by molar-refractivity contribution is 6.33. The van der Waals surface area contributed by atoms with Crippen molar-refractivity contribution in [2.45, 2.75) is 40.0 Å². The van der Waals surface area contributed by atoms with Crippen LogP contribution in [0.2, 0.25) is 5.02 Å². The monoisotopic (exact) mass is 268 g/mol. The van der Waals surface area contributed by atoms with Crippen molar-refractivity contribution < 1.29 is 4.79 Å². The Bertz CT molecular complexity index is 405. The van der Waals surface area contributed by atoms with E-state index < -0.39 is 0 Å². The van der Waals surface area contributed by atoms with Gasteiger partial charge in [0.05, 0.1) is 10.6 Å². The van der Waals surface area contributed by atoms with Crippen molar-refractivity contribution >= 4 is 17.5 Å². The maximum atomic E-state index is 11.8. The standard InChI is InChI=1S/C14H21ClN2O/c1-10(2)6-4-5-7-16-14(18)12-9-17-11(3)8-13(12)15/h8-10H,4-7H2,1-3H3,(H,16,18). The molecule has 4 heteroatoms. The zero-order valence-electron chi connectivity index (χ0n) is 11.3. The number of aryl methyl sites for hydroxylation is 1. The zero-order valence-corrected chi connectivity index (χ0v) is 12.0. The Morgan fingerprint density at radius 3 is 2.78 bits per heavy atom. The first kappa shape index (κ1) is 15.0. The number of nitrogens with zero attached hydrogens (tertiary/aromatic N) is 1. The first-order chi connectivity index (χ1) is 8.50. The van der Waals surface area contributed by atoms with Gasteiger partial charge in [0.1, 0.15) is 0 Å². The van der Waals surface area contributed by atoms with Crippen LogP contribution in [0, 0.1) is 12.8 Å². The molecule has 1 aromatic heterocycles. The number of nitrogens with one attached hydrogen (secondary N) is 1. The number of hydrogen-bond donors (Lipinski definition) is 1. The summed E-state index contributed by atoms with van der Waals surface area (Å²) in [6.07, 6.45) is 4.86. The number of rotatable bonds is 6. The number of carbonyl (C=O) groups excluding carboxylic acids is 1. The van der Waals surface area contributed by atoms with E-state index in [1.807, 2.05) is 6.92 Å². The minimum atomic E-state index is -0.142. The fraction of sp³-hybridized carbons (Fsp3) is 0.571. The number of amides is 1. The van der Waals surface area contributed by atoms with Gasteiger partial charge in [-0.25, -0.2) is 0 Å². The van der Waals surface area contributed by atoms with Crippen molar-refractivity contribution in [1.82, 2.24) is 10.3 Å². The molecule has 0 atom stereocenters. The molecule has 100 valence electrons. The maximum absolute atomic E-state index is 11.8. The van der Waals surface area contributed by atoms with E-state index in [4.69, 9.17) is 11.6 Å². The van der Waals surface area contributed by atoms with E-state index in [0.29, 0.717) is 17.1 Å². The Balaban J connectivity index is 2.36. The highest BCUT2D eigenvalue weighted by Gasteiger charge is 2.10. The van der Waals surface area contributed by atoms with Crippen LogP contribution in [0.15, 0.2) is 12.3 Å². The Kier molecular flexibility index (Phi) is 6.13. The molecule has 0 aliphatic heterocycles. The second-order valence-corrected chi connectivity index (χ2v) is 5.36. The van der Waals surface area contributed by atoms with Crippen LogP contribution < -0.4 is 5.32 Å². The highest BCUT2D eigenvalue weighted by atomic mass is 35.5. The van der Waals surface area contributed by atoms with Crippen LogP contribution in [-0.2, 0) is 0 Å². The second kappa shape index (κ2) is 7.37. The zero-order chi connectivity index (χ0) is 13.5. The number of aromatic nitrogens is 1. The van der Waals surface area contributed by atoms with E-state index in [2.05, 4.69) is 24.1 Å². The van der Waals surface area contributed by atoms with Crippen molar-refractivity contribution in [1.29, 1.82) is 0 Å². The average molecular weight is 269 g/mol. The lowest BCUT2D eigenvalue weighted by Gasteiger charge is -2.07. The molecular formula is C14H21ClN2O. The predicted octanol–water partition coefficient (Wildman–Crippen LogP) is 3.60. The molecule has 0 aromatic carbocycles. The molecule has 1 amide bonds. The largest absolute Gasteiger partial charge is 0.352 e. The van der Waals surface area contributed by atoms with Crippen LogP contribution in [0.3, 0.4) is 0 Å². The molecule has 18 heavy (non-hydrogen) atoms. The van der Waals surface area contributed by atoms with Crippen molar-refractivity contribution in [3.05, 3.63) is 28.5 Å². The van der Waals surface area contributed by atoms with Gasteiger partial charge in [-0.3, -0.25) is 9.78 Å². The van der Waals surface area contributed by atoms with E-state index in [-0.39, 0.29) is 5.91 Å². The first-order valence-electron chi connectivity index (χ1n) is 6.41. The predicted molar refractivity (Wildman–Crippen MR) is 75.0 cm³/mol. The van der Waals surface area contributed by atoms with E-state index in [0.717, 1.165) is 24.5 Å². The molecule has 0 unspecified atom stereocenters. The van der Waals surface area contributed by atoms with Gasteiger partial charge >= 0.3 is 0 Å². The average Bonchev–Trinajstić information content (AvgIpc) is 2.27. The van der Waals surface area contributed by atoms with E-state index >= 15 is 0 Å². The van der Waals surface area contributed by atoms with E-state index in [1.165, 1.54) is 12.6 Å². The number of halogens is 1. The Labute approximate surface area is 114 Å². The summed E-state index contributed by atoms with van der Waals surface area (Å²) < 4.78 is 0. The molecule has 0 bridgehead atoms. The summed E-state index contributed by atoms with van der Waals surface area (Å²) in [5.74, 6) is 0.577. The maximum Gasteiger partial charge on any atom is 0.254 e. The summed E-state index contributed by atoms with van der Waals surface area (Å²) in [7, 11) is 0. The van der Waals surface area contributed by atoms with Gasteiger partial charge in [0.25, 0.3) is 5.91 Å². The van der Waals surface area contributed by atoms with Crippen molar-refractivity contribution in [3.63, 3.8) is 0 Å². The molecule has 0 aliphatic carbocycles. The van der Waals surface area contributed by atoms with Crippen LogP contribution in [-0.4, -0.2) is 17.4 Å². The summed E-state index contributed by atoms with van der Waals surface area (Å²) in [4.78, 5) is 15.9. The molecule has 3 nitrogen and oxygen atoms in total. The molecule has 1 heterocycles. The molecule has 1 N–H and O–H groups in total. The number of unbranched alkanes of at least 4 members (excludes halogenated alkanes) is 1. The third kappa shape index (κ3) is 5.05. The summed E-state index contributed by atoms with van der Waals surface area (Å²) >= 11 is 6.01. The Hall–Kier alpha value is -1.09. The van der Waals surface area contributed by atoms with E-state index in [9.17, 15) is 4.79 Å². The summed E-state index contributed by atoms with van der Waals surface area (Å²) in [5, 5.41) is 3.33. The minimum absolute atomic E-state index is 0.142. The minimum Gasteiger partial charge on any atom is -0.352 e. The van der Waals surface area contributed by atoms with Crippen LogP contribution in [0.4, 0.5) is 0 Å². The molecule has 1 rings (SSSR count). The third-order valence-electron chi connectivity index (χ3n) is 2.73. The van der Waals surface area contributed by atoms with Crippen molar-refractivity contribution in [2.75, 3.05) is 6.54 Å². The van der Waals surface area contributed by atoms with Gasteiger partial charge in [0, 0.05) is 18.4 Å². The molecule has 0 radical (unpaired) electrons. The lowest BCUT2D eigenvalue weighted by molar-refractivity contribution is 0.0952. The van der Waals surface area contributed by atoms with Gasteiger partial charge in [0.2, 0.25) is 0 Å². The van der Waals surface area contributed by atoms with Crippen LogP contribution in [0.1, 0.15) is 49.2 Å². The van der Waals surface area contributed by atoms with E-state index in [1.54, 1.807) is 6.07 Å². The molecule has 0 fully saturated rings. The van der Waals surface area contributed by atoms with Gasteiger partial charge in [-0.15, -0.1) is 0 Å². The molecular weight excluding hydrogens is 248 g/mol. The molecule has 0 saturated heterocycles. The van der Waals surface area contributed by atoms with Crippen LogP contribution in [0.25, 0.3) is 0 Å². The first-order valence-corrected chi connectivity index (χ1v) is 6.79. The van der Waals surface area contributed by atoms with Crippen molar-refractivity contribution in [2.24, 2.45) is 5.92 Å². The van der Waals surface area contributed by atoms with Gasteiger partial charge in [-0.1, -0.05) is 38.3 Å². The number of hydrogen-bond acceptors (Lipinski definition) is 2.